The van der Waals surface area contributed by atoms with Crippen LogP contribution < -0.4 is 10.6 Å². The molecule has 0 saturated heterocycles. The molecule has 22 heavy (non-hydrogen) atoms. The lowest BCUT2D eigenvalue weighted by Gasteiger charge is -2.24. The van der Waals surface area contributed by atoms with Gasteiger partial charge in [-0.05, 0) is 25.3 Å². The summed E-state index contributed by atoms with van der Waals surface area (Å²) in [5.74, 6) is -0.273. The molecule has 120 valence electrons. The SMILES string of the molecule is CC(O)(CNC(=O)CNC(=O)C1CCCC1)c1ccccc1. The standard InChI is InChI=1S/C17H24N2O3/c1-17(22,14-9-3-2-4-10-14)12-19-15(20)11-18-16(21)13-7-5-6-8-13/h2-4,9-10,13,22H,5-8,11-12H2,1H3,(H,18,21)(H,19,20). The molecule has 1 saturated carbocycles. The first-order valence-electron chi connectivity index (χ1n) is 7.81. The number of benzene rings is 1. The van der Waals surface area contributed by atoms with Crippen molar-refractivity contribution in [3.8, 4) is 0 Å². The Hall–Kier alpha value is -1.88. The van der Waals surface area contributed by atoms with E-state index in [0.717, 1.165) is 31.2 Å². The van der Waals surface area contributed by atoms with Gasteiger partial charge in [-0.25, -0.2) is 0 Å². The van der Waals surface area contributed by atoms with Crippen molar-refractivity contribution < 1.29 is 14.7 Å². The molecule has 1 aromatic carbocycles. The minimum Gasteiger partial charge on any atom is -0.384 e. The third-order valence-electron chi connectivity index (χ3n) is 4.17. The lowest BCUT2D eigenvalue weighted by molar-refractivity contribution is -0.128. The number of hydrogen-bond acceptors (Lipinski definition) is 3. The predicted molar refractivity (Wildman–Crippen MR) is 84.0 cm³/mol. The number of amides is 2. The van der Waals surface area contributed by atoms with E-state index in [2.05, 4.69) is 10.6 Å². The fourth-order valence-corrected chi connectivity index (χ4v) is 2.73. The quantitative estimate of drug-likeness (QED) is 0.741. The van der Waals surface area contributed by atoms with Crippen LogP contribution in [0.15, 0.2) is 30.3 Å². The molecule has 5 nitrogen and oxygen atoms in total. The molecule has 1 fully saturated rings. The fraction of sp³-hybridized carbons (Fsp3) is 0.529. The Bertz CT molecular complexity index is 508. The minimum absolute atomic E-state index is 0.0394. The molecule has 5 heteroatoms. The first-order chi connectivity index (χ1) is 10.5. The van der Waals surface area contributed by atoms with Crippen LogP contribution in [0.3, 0.4) is 0 Å². The van der Waals surface area contributed by atoms with Crippen molar-refractivity contribution in [1.82, 2.24) is 10.6 Å². The van der Waals surface area contributed by atoms with Gasteiger partial charge in [0.25, 0.3) is 0 Å². The summed E-state index contributed by atoms with van der Waals surface area (Å²) in [6.45, 7) is 1.72. The number of nitrogens with one attached hydrogen (secondary N) is 2. The molecule has 0 aromatic heterocycles. The van der Waals surface area contributed by atoms with Crippen molar-refractivity contribution in [2.45, 2.75) is 38.2 Å². The highest BCUT2D eigenvalue weighted by Crippen LogP contribution is 2.24. The predicted octanol–water partition coefficient (Wildman–Crippen LogP) is 1.32. The molecule has 2 rings (SSSR count). The summed E-state index contributed by atoms with van der Waals surface area (Å²) in [7, 11) is 0. The van der Waals surface area contributed by atoms with Crippen LogP contribution in [-0.2, 0) is 15.2 Å². The molecule has 0 bridgehead atoms. The average Bonchev–Trinajstić information content (AvgIpc) is 3.06. The molecule has 1 aliphatic carbocycles. The zero-order chi connectivity index (χ0) is 16.0. The van der Waals surface area contributed by atoms with Crippen LogP contribution >= 0.6 is 0 Å². The second-order valence-electron chi connectivity index (χ2n) is 6.12. The van der Waals surface area contributed by atoms with Crippen molar-refractivity contribution in [3.63, 3.8) is 0 Å². The largest absolute Gasteiger partial charge is 0.384 e. The molecule has 1 unspecified atom stereocenters. The van der Waals surface area contributed by atoms with Crippen molar-refractivity contribution in [1.29, 1.82) is 0 Å². The zero-order valence-electron chi connectivity index (χ0n) is 13.0. The summed E-state index contributed by atoms with van der Waals surface area (Å²) < 4.78 is 0. The van der Waals surface area contributed by atoms with Crippen molar-refractivity contribution >= 4 is 11.8 Å². The monoisotopic (exact) mass is 304 g/mol. The molecule has 1 aliphatic rings. The van der Waals surface area contributed by atoms with Gasteiger partial charge >= 0.3 is 0 Å². The second kappa shape index (κ2) is 7.40. The summed E-state index contributed by atoms with van der Waals surface area (Å²) in [6.07, 6.45) is 4.00. The van der Waals surface area contributed by atoms with Gasteiger partial charge < -0.3 is 15.7 Å². The lowest BCUT2D eigenvalue weighted by Crippen LogP contribution is -2.44. The summed E-state index contributed by atoms with van der Waals surface area (Å²) in [5.41, 5.74) is -0.392. The molecule has 0 heterocycles. The Balaban J connectivity index is 1.74. The van der Waals surface area contributed by atoms with Crippen LogP contribution in [0.1, 0.15) is 38.2 Å². The number of carbonyl (C=O) groups excluding carboxylic acids is 2. The highest BCUT2D eigenvalue weighted by molar-refractivity contribution is 5.85. The van der Waals surface area contributed by atoms with Gasteiger partial charge in [-0.15, -0.1) is 0 Å². The minimum atomic E-state index is -1.13. The van der Waals surface area contributed by atoms with Gasteiger partial charge in [0.05, 0.1) is 13.1 Å². The second-order valence-corrected chi connectivity index (χ2v) is 6.12. The van der Waals surface area contributed by atoms with Crippen molar-refractivity contribution in [3.05, 3.63) is 35.9 Å². The maximum atomic E-state index is 11.8. The van der Waals surface area contributed by atoms with E-state index in [-0.39, 0.29) is 30.8 Å². The first-order valence-corrected chi connectivity index (χ1v) is 7.81. The first kappa shape index (κ1) is 16.5. The van der Waals surface area contributed by atoms with E-state index in [9.17, 15) is 14.7 Å². The Morgan fingerprint density at radius 3 is 2.45 bits per heavy atom. The fourth-order valence-electron chi connectivity index (χ4n) is 2.73. The van der Waals surface area contributed by atoms with E-state index < -0.39 is 5.60 Å². The van der Waals surface area contributed by atoms with E-state index >= 15 is 0 Å². The Labute approximate surface area is 131 Å². The van der Waals surface area contributed by atoms with Gasteiger partial charge in [0.1, 0.15) is 5.60 Å². The van der Waals surface area contributed by atoms with Gasteiger partial charge in [0.2, 0.25) is 11.8 Å². The van der Waals surface area contributed by atoms with E-state index in [0.29, 0.717) is 0 Å². The maximum Gasteiger partial charge on any atom is 0.239 e. The number of aliphatic hydroxyl groups is 1. The third-order valence-corrected chi connectivity index (χ3v) is 4.17. The Morgan fingerprint density at radius 2 is 1.82 bits per heavy atom. The van der Waals surface area contributed by atoms with E-state index in [1.54, 1.807) is 6.92 Å². The Morgan fingerprint density at radius 1 is 1.18 bits per heavy atom. The van der Waals surface area contributed by atoms with Gasteiger partial charge in [0, 0.05) is 5.92 Å². The third kappa shape index (κ3) is 4.56. The number of hydrogen-bond donors (Lipinski definition) is 3. The zero-order valence-corrected chi connectivity index (χ0v) is 13.0. The van der Waals surface area contributed by atoms with Gasteiger partial charge in [0.15, 0.2) is 0 Å². The van der Waals surface area contributed by atoms with Crippen LogP contribution in [-0.4, -0.2) is 30.0 Å². The average molecular weight is 304 g/mol. The molecule has 1 aromatic rings. The van der Waals surface area contributed by atoms with E-state index in [1.807, 2.05) is 30.3 Å². The highest BCUT2D eigenvalue weighted by atomic mass is 16.3. The number of rotatable bonds is 6. The summed E-state index contributed by atoms with van der Waals surface area (Å²) in [5, 5.41) is 15.7. The van der Waals surface area contributed by atoms with Gasteiger partial charge in [-0.3, -0.25) is 9.59 Å². The van der Waals surface area contributed by atoms with E-state index in [4.69, 9.17) is 0 Å². The van der Waals surface area contributed by atoms with Gasteiger partial charge in [-0.2, -0.15) is 0 Å². The van der Waals surface area contributed by atoms with Crippen LogP contribution in [0.25, 0.3) is 0 Å². The van der Waals surface area contributed by atoms with Gasteiger partial charge in [-0.1, -0.05) is 43.2 Å². The normalized spacial score (nSPS) is 17.7. The molecule has 2 amide bonds. The lowest BCUT2D eigenvalue weighted by atomic mass is 9.96. The van der Waals surface area contributed by atoms with Crippen LogP contribution in [0.2, 0.25) is 0 Å². The maximum absolute atomic E-state index is 11.8. The molecule has 1 atom stereocenters. The highest BCUT2D eigenvalue weighted by Gasteiger charge is 2.25. The molecule has 0 aliphatic heterocycles. The molecule has 3 N–H and O–H groups in total. The topological polar surface area (TPSA) is 78.4 Å². The van der Waals surface area contributed by atoms with Crippen LogP contribution in [0, 0.1) is 5.92 Å². The summed E-state index contributed by atoms with van der Waals surface area (Å²) >= 11 is 0. The van der Waals surface area contributed by atoms with E-state index in [1.165, 1.54) is 0 Å². The molecular weight excluding hydrogens is 280 g/mol. The molecule has 0 spiro atoms. The smallest absolute Gasteiger partial charge is 0.239 e. The van der Waals surface area contributed by atoms with Crippen LogP contribution in [0.4, 0.5) is 0 Å². The molecule has 0 radical (unpaired) electrons. The summed E-state index contributed by atoms with van der Waals surface area (Å²) in [4.78, 5) is 23.6. The van der Waals surface area contributed by atoms with Crippen LogP contribution in [0.5, 0.6) is 0 Å². The van der Waals surface area contributed by atoms with Crippen molar-refractivity contribution in [2.24, 2.45) is 5.92 Å². The Kier molecular flexibility index (Phi) is 5.55. The number of carbonyl (C=O) groups is 2. The summed E-state index contributed by atoms with van der Waals surface area (Å²) in [6, 6.07) is 9.18. The molecular formula is C17H24N2O3. The van der Waals surface area contributed by atoms with Crippen molar-refractivity contribution in [2.75, 3.05) is 13.1 Å².